The van der Waals surface area contributed by atoms with Crippen molar-refractivity contribution in [3.05, 3.63) is 46.0 Å². The monoisotopic (exact) mass is 412 g/mol. The molecule has 2 aliphatic heterocycles. The Morgan fingerprint density at radius 1 is 1.35 bits per heavy atom. The Morgan fingerprint density at radius 2 is 2.04 bits per heavy atom. The Morgan fingerprint density at radius 3 is 2.69 bits per heavy atom. The number of halogens is 2. The quantitative estimate of drug-likeness (QED) is 0.823. The summed E-state index contributed by atoms with van der Waals surface area (Å²) in [5.74, 6) is 0.332. The van der Waals surface area contributed by atoms with Crippen LogP contribution in [0.4, 0.5) is 4.79 Å². The first-order valence-electron chi connectivity index (χ1n) is 7.98. The van der Waals surface area contributed by atoms with Crippen molar-refractivity contribution < 1.29 is 9.59 Å². The molecule has 2 atom stereocenters. The number of rotatable bonds is 4. The number of nitrogens with zero attached hydrogens (tertiary/aromatic N) is 3. The first-order valence-corrected chi connectivity index (χ1v) is 9.72. The highest BCUT2D eigenvalue weighted by molar-refractivity contribution is 8.13. The van der Waals surface area contributed by atoms with Crippen LogP contribution in [0.3, 0.4) is 0 Å². The van der Waals surface area contributed by atoms with E-state index in [4.69, 9.17) is 23.2 Å². The molecule has 1 N–H and O–H groups in total. The minimum Gasteiger partial charge on any atom is -0.332 e. The molecule has 0 aliphatic carbocycles. The third-order valence-corrected chi connectivity index (χ3v) is 5.66. The van der Waals surface area contributed by atoms with Gasteiger partial charge >= 0.3 is 6.03 Å². The van der Waals surface area contributed by atoms with Gasteiger partial charge in [0.1, 0.15) is 0 Å². The Hall–Kier alpha value is -1.70. The summed E-state index contributed by atoms with van der Waals surface area (Å²) in [4.78, 5) is 32.3. The van der Waals surface area contributed by atoms with Gasteiger partial charge in [-0.05, 0) is 24.6 Å². The molecule has 2 heterocycles. The van der Waals surface area contributed by atoms with Crippen LogP contribution in [-0.2, 0) is 10.5 Å². The van der Waals surface area contributed by atoms with Gasteiger partial charge in [0.05, 0.1) is 0 Å². The highest BCUT2D eigenvalue weighted by atomic mass is 35.5. The fraction of sp³-hybridized carbons (Fsp3) is 0.353. The molecule has 2 unspecified atom stereocenters. The van der Waals surface area contributed by atoms with Crippen LogP contribution in [0, 0.1) is 0 Å². The molecule has 1 aromatic carbocycles. The second-order valence-corrected chi connectivity index (χ2v) is 8.01. The summed E-state index contributed by atoms with van der Waals surface area (Å²) in [5.41, 5.74) is 1.09. The first kappa shape index (κ1) is 19.1. The molecule has 9 heteroatoms. The van der Waals surface area contributed by atoms with Gasteiger partial charge in [0.15, 0.2) is 17.4 Å². The molecule has 6 nitrogen and oxygen atoms in total. The average Bonchev–Trinajstić information content (AvgIpc) is 2.96. The van der Waals surface area contributed by atoms with Gasteiger partial charge in [-0.3, -0.25) is 10.1 Å². The maximum absolute atomic E-state index is 12.4. The highest BCUT2D eigenvalue weighted by Crippen LogP contribution is 2.30. The molecule has 0 radical (unpaired) electrons. The topological polar surface area (TPSA) is 65.0 Å². The number of urea groups is 1. The summed E-state index contributed by atoms with van der Waals surface area (Å²) in [6.45, 7) is 2.22. The number of carbonyl (C=O) groups excluding carboxylic acids is 2. The maximum atomic E-state index is 12.4. The normalized spacial score (nSPS) is 23.1. The van der Waals surface area contributed by atoms with Crippen LogP contribution in [-0.4, -0.2) is 52.7 Å². The molecule has 26 heavy (non-hydrogen) atoms. The van der Waals surface area contributed by atoms with Crippen molar-refractivity contribution in [2.45, 2.75) is 24.9 Å². The fourth-order valence-corrected chi connectivity index (χ4v) is 3.98. The van der Waals surface area contributed by atoms with E-state index in [0.717, 1.165) is 5.56 Å². The van der Waals surface area contributed by atoms with Crippen molar-refractivity contribution in [3.8, 4) is 0 Å². The fourth-order valence-electron chi connectivity index (χ4n) is 2.77. The van der Waals surface area contributed by atoms with Crippen molar-refractivity contribution in [2.75, 3.05) is 13.6 Å². The van der Waals surface area contributed by atoms with Crippen molar-refractivity contribution in [1.29, 1.82) is 0 Å². The third kappa shape index (κ3) is 4.00. The molecule has 0 saturated carbocycles. The van der Waals surface area contributed by atoms with E-state index in [0.29, 0.717) is 27.5 Å². The summed E-state index contributed by atoms with van der Waals surface area (Å²) >= 11 is 13.4. The number of imide groups is 1. The van der Waals surface area contributed by atoms with Crippen LogP contribution >= 0.6 is 35.0 Å². The molecule has 0 bridgehead atoms. The van der Waals surface area contributed by atoms with E-state index in [1.165, 1.54) is 16.7 Å². The summed E-state index contributed by atoms with van der Waals surface area (Å²) in [7, 11) is 1.64. The number of amides is 3. The van der Waals surface area contributed by atoms with Crippen molar-refractivity contribution >= 4 is 52.1 Å². The number of carbonyl (C=O) groups is 2. The lowest BCUT2D eigenvalue weighted by atomic mass is 10.1. The van der Waals surface area contributed by atoms with Gasteiger partial charge in [-0.25, -0.2) is 9.79 Å². The Balaban J connectivity index is 1.82. The first-order chi connectivity index (χ1) is 12.4. The van der Waals surface area contributed by atoms with Gasteiger partial charge in [-0.1, -0.05) is 53.2 Å². The highest BCUT2D eigenvalue weighted by Gasteiger charge is 2.48. The lowest BCUT2D eigenvalue weighted by molar-refractivity contribution is -0.126. The average molecular weight is 413 g/mol. The SMILES string of the molecule is C/C(Cl)=C/CN1C(SCc2ccc(Cl)cc2)=NC2C1C(=O)NC(=O)N2C. The van der Waals surface area contributed by atoms with Crippen molar-refractivity contribution in [1.82, 2.24) is 15.1 Å². The van der Waals surface area contributed by atoms with Crippen LogP contribution < -0.4 is 5.32 Å². The number of nitrogens with one attached hydrogen (secondary N) is 1. The van der Waals surface area contributed by atoms with Gasteiger partial charge in [-0.15, -0.1) is 0 Å². The summed E-state index contributed by atoms with van der Waals surface area (Å²) < 4.78 is 0. The Labute approximate surface area is 166 Å². The van der Waals surface area contributed by atoms with E-state index in [2.05, 4.69) is 10.3 Å². The van der Waals surface area contributed by atoms with Gasteiger partial charge in [0.25, 0.3) is 5.91 Å². The van der Waals surface area contributed by atoms with Crippen LogP contribution in [0.2, 0.25) is 5.02 Å². The second kappa shape index (κ2) is 7.90. The van der Waals surface area contributed by atoms with Crippen LogP contribution in [0.1, 0.15) is 12.5 Å². The Bertz CT molecular complexity index is 777. The van der Waals surface area contributed by atoms with Gasteiger partial charge in [0.2, 0.25) is 0 Å². The van der Waals surface area contributed by atoms with Crippen LogP contribution in [0.15, 0.2) is 40.4 Å². The predicted molar refractivity (Wildman–Crippen MR) is 105 cm³/mol. The molecule has 3 rings (SSSR count). The smallest absolute Gasteiger partial charge is 0.325 e. The molecule has 1 saturated heterocycles. The number of benzene rings is 1. The van der Waals surface area contributed by atoms with Crippen molar-refractivity contribution in [3.63, 3.8) is 0 Å². The van der Waals surface area contributed by atoms with E-state index in [1.807, 2.05) is 35.2 Å². The standard InChI is InChI=1S/C17H18Cl2N4O2S/c1-10(18)7-8-23-13-14(22(2)16(25)21-15(13)24)20-17(23)26-9-11-3-5-12(19)6-4-11/h3-7,13-14H,8-9H2,1-2H3,(H,21,24,25)/b10-7-. The van der Waals surface area contributed by atoms with Gasteiger partial charge in [0, 0.05) is 29.4 Å². The molecule has 3 amide bonds. The largest absolute Gasteiger partial charge is 0.332 e. The van der Waals surface area contributed by atoms with E-state index < -0.39 is 18.2 Å². The van der Waals surface area contributed by atoms with E-state index in [1.54, 1.807) is 14.0 Å². The summed E-state index contributed by atoms with van der Waals surface area (Å²) in [6, 6.07) is 6.59. The number of allylic oxidation sites excluding steroid dienone is 1. The number of hydrogen-bond acceptors (Lipinski definition) is 5. The molecule has 2 aliphatic rings. The number of hydrogen-bond donors (Lipinski definition) is 1. The van der Waals surface area contributed by atoms with Crippen molar-refractivity contribution in [2.24, 2.45) is 4.99 Å². The molecule has 0 aromatic heterocycles. The van der Waals surface area contributed by atoms with Crippen LogP contribution in [0.25, 0.3) is 0 Å². The lowest BCUT2D eigenvalue weighted by Gasteiger charge is -2.35. The number of amidine groups is 1. The Kier molecular flexibility index (Phi) is 5.79. The number of likely N-dealkylation sites (N-methyl/N-ethyl adjacent to an activating group) is 1. The van der Waals surface area contributed by atoms with Gasteiger partial charge < -0.3 is 9.80 Å². The molecule has 138 valence electrons. The number of aliphatic imine (C=N–C) groups is 1. The van der Waals surface area contributed by atoms with E-state index in [-0.39, 0.29) is 5.91 Å². The summed E-state index contributed by atoms with van der Waals surface area (Å²) in [5, 5.41) is 4.40. The minimum absolute atomic E-state index is 0.343. The van der Waals surface area contributed by atoms with Gasteiger partial charge in [-0.2, -0.15) is 0 Å². The predicted octanol–water partition coefficient (Wildman–Crippen LogP) is 3.26. The maximum Gasteiger partial charge on any atom is 0.325 e. The van der Waals surface area contributed by atoms with E-state index in [9.17, 15) is 9.59 Å². The lowest BCUT2D eigenvalue weighted by Crippen LogP contribution is -2.63. The number of fused-ring (bicyclic) bond motifs is 1. The van der Waals surface area contributed by atoms with E-state index >= 15 is 0 Å². The zero-order chi connectivity index (χ0) is 18.8. The molecule has 1 fully saturated rings. The minimum atomic E-state index is -0.558. The molecule has 1 aromatic rings. The second-order valence-electron chi connectivity index (χ2n) is 6.03. The number of thioether (sulfide) groups is 1. The van der Waals surface area contributed by atoms with Crippen LogP contribution in [0.5, 0.6) is 0 Å². The zero-order valence-electron chi connectivity index (χ0n) is 14.3. The molecular weight excluding hydrogens is 395 g/mol. The third-order valence-electron chi connectivity index (χ3n) is 4.17. The molecular formula is C17H18Cl2N4O2S. The summed E-state index contributed by atoms with van der Waals surface area (Å²) in [6.07, 6.45) is 1.29. The zero-order valence-corrected chi connectivity index (χ0v) is 16.6. The molecule has 0 spiro atoms.